The van der Waals surface area contributed by atoms with Gasteiger partial charge in [-0.3, -0.25) is 9.80 Å². The summed E-state index contributed by atoms with van der Waals surface area (Å²) in [6, 6.07) is 9.55. The summed E-state index contributed by atoms with van der Waals surface area (Å²) in [4.78, 5) is 7.49. The van der Waals surface area contributed by atoms with E-state index in [-0.39, 0.29) is 0 Å². The number of nitrogens with zero attached hydrogens (tertiary/aromatic N) is 3. The second kappa shape index (κ2) is 7.09. The number of likely N-dealkylation sites (N-methyl/N-ethyl adjacent to an activating group) is 1. The largest absolute Gasteiger partial charge is 0.330 e. The van der Waals surface area contributed by atoms with Crippen LogP contribution in [-0.4, -0.2) is 68.1 Å². The molecule has 2 N–H and O–H groups in total. The van der Waals surface area contributed by atoms with E-state index in [0.29, 0.717) is 12.0 Å². The van der Waals surface area contributed by atoms with Gasteiger partial charge < -0.3 is 10.6 Å². The van der Waals surface area contributed by atoms with E-state index in [9.17, 15) is 0 Å². The molecule has 4 nitrogen and oxygen atoms in total. The Morgan fingerprint density at radius 3 is 2.50 bits per heavy atom. The van der Waals surface area contributed by atoms with Crippen molar-refractivity contribution in [2.24, 2.45) is 11.7 Å². The average molecular weight is 302 g/mol. The lowest BCUT2D eigenvalue weighted by Crippen LogP contribution is -2.44. The maximum atomic E-state index is 5.90. The number of rotatable bonds is 4. The molecule has 0 spiro atoms. The van der Waals surface area contributed by atoms with Gasteiger partial charge in [0.2, 0.25) is 0 Å². The minimum Gasteiger partial charge on any atom is -0.330 e. The minimum absolute atomic E-state index is 0.539. The molecule has 0 bridgehead atoms. The molecule has 0 saturated carbocycles. The summed E-state index contributed by atoms with van der Waals surface area (Å²) >= 11 is 0. The zero-order valence-corrected chi connectivity index (χ0v) is 14.0. The Kier molecular flexibility index (Phi) is 5.14. The van der Waals surface area contributed by atoms with Crippen molar-refractivity contribution in [3.05, 3.63) is 35.4 Å². The van der Waals surface area contributed by atoms with Crippen molar-refractivity contribution in [2.75, 3.05) is 53.4 Å². The van der Waals surface area contributed by atoms with Crippen LogP contribution in [0.3, 0.4) is 0 Å². The van der Waals surface area contributed by atoms with Crippen molar-refractivity contribution in [3.63, 3.8) is 0 Å². The Hall–Kier alpha value is -0.940. The lowest BCUT2D eigenvalue weighted by Gasteiger charge is -2.33. The molecule has 2 heterocycles. The standard InChI is InChI=1S/C18H30N4/c1-20-7-9-22(10-8-20)14-16-5-3-4-6-17(16)18-11-15(12-19)13-21(18)2/h3-6,15,18H,7-14,19H2,1-2H3. The second-order valence-electron chi connectivity index (χ2n) is 7.07. The number of benzene rings is 1. The SMILES string of the molecule is CN1CCN(Cc2ccccc2C2CC(CN)CN2C)CC1. The minimum atomic E-state index is 0.539. The number of hydrogen-bond donors (Lipinski definition) is 1. The highest BCUT2D eigenvalue weighted by Crippen LogP contribution is 2.35. The van der Waals surface area contributed by atoms with Gasteiger partial charge in [0, 0.05) is 45.3 Å². The van der Waals surface area contributed by atoms with E-state index < -0.39 is 0 Å². The number of nitrogens with two attached hydrogens (primary N) is 1. The highest BCUT2D eigenvalue weighted by Gasteiger charge is 2.31. The fourth-order valence-electron chi connectivity index (χ4n) is 3.89. The van der Waals surface area contributed by atoms with Crippen molar-refractivity contribution in [2.45, 2.75) is 19.0 Å². The maximum absolute atomic E-state index is 5.90. The molecule has 2 aliphatic rings. The molecule has 1 aromatic carbocycles. The molecule has 3 rings (SSSR count). The highest BCUT2D eigenvalue weighted by atomic mass is 15.2. The van der Waals surface area contributed by atoms with Crippen LogP contribution in [0.15, 0.2) is 24.3 Å². The Morgan fingerprint density at radius 2 is 1.82 bits per heavy atom. The van der Waals surface area contributed by atoms with Gasteiger partial charge in [-0.05, 0) is 44.1 Å². The summed E-state index contributed by atoms with van der Waals surface area (Å²) in [6.45, 7) is 7.74. The Morgan fingerprint density at radius 1 is 1.09 bits per heavy atom. The third-order valence-corrected chi connectivity index (χ3v) is 5.37. The summed E-state index contributed by atoms with van der Waals surface area (Å²) in [6.07, 6.45) is 1.20. The maximum Gasteiger partial charge on any atom is 0.0352 e. The Labute approximate surface area is 134 Å². The topological polar surface area (TPSA) is 35.7 Å². The molecule has 2 aliphatic heterocycles. The molecule has 4 heteroatoms. The van der Waals surface area contributed by atoms with Gasteiger partial charge in [0.15, 0.2) is 0 Å². The van der Waals surface area contributed by atoms with Gasteiger partial charge in [0.1, 0.15) is 0 Å². The zero-order chi connectivity index (χ0) is 15.5. The molecule has 1 aromatic rings. The Bertz CT molecular complexity index is 482. The summed E-state index contributed by atoms with van der Waals surface area (Å²) < 4.78 is 0. The molecular weight excluding hydrogens is 272 g/mol. The monoisotopic (exact) mass is 302 g/mol. The molecule has 2 atom stereocenters. The first kappa shape index (κ1) is 15.9. The van der Waals surface area contributed by atoms with Crippen LogP contribution in [0.25, 0.3) is 0 Å². The van der Waals surface area contributed by atoms with E-state index in [4.69, 9.17) is 5.73 Å². The summed E-state index contributed by atoms with van der Waals surface area (Å²) in [5, 5.41) is 0. The first-order valence-electron chi connectivity index (χ1n) is 8.56. The summed E-state index contributed by atoms with van der Waals surface area (Å²) in [5.41, 5.74) is 8.91. The van der Waals surface area contributed by atoms with Gasteiger partial charge in [-0.15, -0.1) is 0 Å². The van der Waals surface area contributed by atoms with E-state index in [2.05, 4.69) is 53.1 Å². The fraction of sp³-hybridized carbons (Fsp3) is 0.667. The molecule has 0 aliphatic carbocycles. The van der Waals surface area contributed by atoms with Gasteiger partial charge in [-0.25, -0.2) is 0 Å². The van der Waals surface area contributed by atoms with Crippen molar-refractivity contribution in [1.82, 2.24) is 14.7 Å². The first-order valence-corrected chi connectivity index (χ1v) is 8.56. The van der Waals surface area contributed by atoms with E-state index in [1.807, 2.05) is 0 Å². The molecule has 0 amide bonds. The number of likely N-dealkylation sites (tertiary alicyclic amines) is 1. The summed E-state index contributed by atoms with van der Waals surface area (Å²) in [7, 11) is 4.46. The zero-order valence-electron chi connectivity index (χ0n) is 14.0. The van der Waals surface area contributed by atoms with E-state index >= 15 is 0 Å². The van der Waals surface area contributed by atoms with Crippen LogP contribution in [0.4, 0.5) is 0 Å². The van der Waals surface area contributed by atoms with Gasteiger partial charge in [-0.2, -0.15) is 0 Å². The van der Waals surface area contributed by atoms with Crippen LogP contribution in [0, 0.1) is 5.92 Å². The van der Waals surface area contributed by atoms with Crippen molar-refractivity contribution < 1.29 is 0 Å². The molecule has 2 fully saturated rings. The highest BCUT2D eigenvalue weighted by molar-refractivity contribution is 5.31. The smallest absolute Gasteiger partial charge is 0.0352 e. The van der Waals surface area contributed by atoms with E-state index in [0.717, 1.165) is 19.6 Å². The van der Waals surface area contributed by atoms with E-state index in [1.165, 1.54) is 43.7 Å². The third kappa shape index (κ3) is 3.51. The lowest BCUT2D eigenvalue weighted by molar-refractivity contribution is 0.147. The van der Waals surface area contributed by atoms with Crippen molar-refractivity contribution in [3.8, 4) is 0 Å². The molecule has 2 saturated heterocycles. The van der Waals surface area contributed by atoms with Crippen LogP contribution < -0.4 is 5.73 Å². The first-order chi connectivity index (χ1) is 10.7. The van der Waals surface area contributed by atoms with E-state index in [1.54, 1.807) is 0 Å². The van der Waals surface area contributed by atoms with Crippen LogP contribution in [0.2, 0.25) is 0 Å². The van der Waals surface area contributed by atoms with Crippen LogP contribution in [-0.2, 0) is 6.54 Å². The quantitative estimate of drug-likeness (QED) is 0.912. The second-order valence-corrected chi connectivity index (χ2v) is 7.07. The number of piperazine rings is 1. The van der Waals surface area contributed by atoms with Crippen molar-refractivity contribution >= 4 is 0 Å². The molecule has 0 radical (unpaired) electrons. The van der Waals surface area contributed by atoms with Gasteiger partial charge >= 0.3 is 0 Å². The lowest BCUT2D eigenvalue weighted by atomic mass is 9.95. The fourth-order valence-corrected chi connectivity index (χ4v) is 3.89. The molecule has 2 unspecified atom stereocenters. The predicted molar refractivity (Wildman–Crippen MR) is 91.7 cm³/mol. The van der Waals surface area contributed by atoms with Gasteiger partial charge in [0.05, 0.1) is 0 Å². The molecule has 0 aromatic heterocycles. The van der Waals surface area contributed by atoms with Crippen LogP contribution in [0.5, 0.6) is 0 Å². The molecule has 122 valence electrons. The molecule has 22 heavy (non-hydrogen) atoms. The van der Waals surface area contributed by atoms with Gasteiger partial charge in [-0.1, -0.05) is 24.3 Å². The van der Waals surface area contributed by atoms with Crippen LogP contribution in [0.1, 0.15) is 23.6 Å². The molecular formula is C18H30N4. The van der Waals surface area contributed by atoms with Crippen LogP contribution >= 0.6 is 0 Å². The average Bonchev–Trinajstić information content (AvgIpc) is 2.91. The Balaban J connectivity index is 1.73. The third-order valence-electron chi connectivity index (χ3n) is 5.37. The number of hydrogen-bond acceptors (Lipinski definition) is 4. The van der Waals surface area contributed by atoms with Crippen molar-refractivity contribution in [1.29, 1.82) is 0 Å². The van der Waals surface area contributed by atoms with Gasteiger partial charge in [0.25, 0.3) is 0 Å². The summed E-state index contributed by atoms with van der Waals surface area (Å²) in [5.74, 6) is 0.645. The normalized spacial score (nSPS) is 28.3. The predicted octanol–water partition coefficient (Wildman–Crippen LogP) is 1.39.